The summed E-state index contributed by atoms with van der Waals surface area (Å²) in [5.41, 5.74) is 1.30. The highest BCUT2D eigenvalue weighted by Gasteiger charge is 2.26. The van der Waals surface area contributed by atoms with E-state index in [-0.39, 0.29) is 12.0 Å². The molecule has 0 saturated carbocycles. The van der Waals surface area contributed by atoms with E-state index in [9.17, 15) is 23.1 Å². The minimum Gasteiger partial charge on any atom is -0.386 e. The van der Waals surface area contributed by atoms with E-state index in [1.54, 1.807) is 23.5 Å². The SMILES string of the molecule is N#CCc1cc(-c2ccc([C@H](O)[C@@H](CF)NC(=O)C(F)F)cc2)on1. The number of carbonyl (C=O) groups is 1. The Balaban J connectivity index is 2.11. The summed E-state index contributed by atoms with van der Waals surface area (Å²) >= 11 is 0. The van der Waals surface area contributed by atoms with Crippen LogP contribution in [0.2, 0.25) is 0 Å². The Morgan fingerprint density at radius 2 is 2.04 bits per heavy atom. The lowest BCUT2D eigenvalue weighted by molar-refractivity contribution is -0.133. The third-order valence-corrected chi connectivity index (χ3v) is 3.43. The van der Waals surface area contributed by atoms with Gasteiger partial charge in [0.15, 0.2) is 5.76 Å². The van der Waals surface area contributed by atoms with Crippen molar-refractivity contribution in [2.24, 2.45) is 0 Å². The number of aromatic nitrogens is 1. The zero-order valence-corrected chi connectivity index (χ0v) is 12.8. The number of nitrogens with one attached hydrogen (secondary N) is 1. The number of hydrogen-bond donors (Lipinski definition) is 2. The van der Waals surface area contributed by atoms with E-state index in [0.717, 1.165) is 0 Å². The fraction of sp³-hybridized carbons (Fsp3) is 0.312. The van der Waals surface area contributed by atoms with Crippen LogP contribution in [0, 0.1) is 11.3 Å². The molecule has 2 rings (SSSR count). The maximum absolute atomic E-state index is 13.0. The highest BCUT2D eigenvalue weighted by molar-refractivity contribution is 5.79. The summed E-state index contributed by atoms with van der Waals surface area (Å²) in [4.78, 5) is 11.0. The molecule has 1 aromatic carbocycles. The highest BCUT2D eigenvalue weighted by atomic mass is 19.3. The summed E-state index contributed by atoms with van der Waals surface area (Å²) in [7, 11) is 0. The average molecular weight is 353 g/mol. The van der Waals surface area contributed by atoms with Crippen LogP contribution in [0.3, 0.4) is 0 Å². The maximum Gasteiger partial charge on any atom is 0.315 e. The first-order valence-corrected chi connectivity index (χ1v) is 7.21. The van der Waals surface area contributed by atoms with Crippen LogP contribution < -0.4 is 5.32 Å². The van der Waals surface area contributed by atoms with Crippen molar-refractivity contribution in [3.63, 3.8) is 0 Å². The third-order valence-electron chi connectivity index (χ3n) is 3.43. The Kier molecular flexibility index (Phi) is 6.14. The molecule has 0 unspecified atom stereocenters. The topological polar surface area (TPSA) is 99.2 Å². The molecular weight excluding hydrogens is 339 g/mol. The van der Waals surface area contributed by atoms with Gasteiger partial charge in [0.1, 0.15) is 12.8 Å². The van der Waals surface area contributed by atoms with Gasteiger partial charge in [-0.05, 0) is 5.56 Å². The predicted octanol–water partition coefficient (Wildman–Crippen LogP) is 2.16. The third kappa shape index (κ3) is 4.58. The molecule has 25 heavy (non-hydrogen) atoms. The fourth-order valence-corrected chi connectivity index (χ4v) is 2.14. The Morgan fingerprint density at radius 1 is 1.36 bits per heavy atom. The molecule has 1 amide bonds. The quantitative estimate of drug-likeness (QED) is 0.795. The van der Waals surface area contributed by atoms with Crippen LogP contribution in [0.25, 0.3) is 11.3 Å². The number of rotatable bonds is 7. The number of alkyl halides is 3. The van der Waals surface area contributed by atoms with E-state index in [0.29, 0.717) is 17.0 Å². The Morgan fingerprint density at radius 3 is 2.60 bits per heavy atom. The second-order valence-electron chi connectivity index (χ2n) is 5.15. The minimum atomic E-state index is -3.29. The van der Waals surface area contributed by atoms with Crippen molar-refractivity contribution >= 4 is 5.91 Å². The lowest BCUT2D eigenvalue weighted by atomic mass is 10.0. The zero-order valence-electron chi connectivity index (χ0n) is 12.8. The lowest BCUT2D eigenvalue weighted by Gasteiger charge is -2.21. The van der Waals surface area contributed by atoms with Crippen LogP contribution >= 0.6 is 0 Å². The van der Waals surface area contributed by atoms with Gasteiger partial charge in [0.2, 0.25) is 0 Å². The number of nitrogens with zero attached hydrogens (tertiary/aromatic N) is 2. The minimum absolute atomic E-state index is 0.0995. The van der Waals surface area contributed by atoms with E-state index >= 15 is 0 Å². The van der Waals surface area contributed by atoms with Crippen molar-refractivity contribution in [1.29, 1.82) is 5.26 Å². The average Bonchev–Trinajstić information content (AvgIpc) is 3.08. The molecular formula is C16H14F3N3O3. The second-order valence-corrected chi connectivity index (χ2v) is 5.15. The van der Waals surface area contributed by atoms with Gasteiger partial charge in [0.05, 0.1) is 24.2 Å². The van der Waals surface area contributed by atoms with Crippen molar-refractivity contribution < 1.29 is 27.6 Å². The molecule has 0 aliphatic rings. The van der Waals surface area contributed by atoms with Crippen LogP contribution in [0.15, 0.2) is 34.9 Å². The summed E-state index contributed by atoms with van der Waals surface area (Å²) in [6.07, 6.45) is -4.69. The molecule has 0 spiro atoms. The lowest BCUT2D eigenvalue weighted by Crippen LogP contribution is -2.43. The van der Waals surface area contributed by atoms with Gasteiger partial charge >= 0.3 is 6.43 Å². The molecule has 6 nitrogen and oxygen atoms in total. The van der Waals surface area contributed by atoms with Crippen molar-refractivity contribution in [3.05, 3.63) is 41.6 Å². The molecule has 0 radical (unpaired) electrons. The van der Waals surface area contributed by atoms with Crippen molar-refractivity contribution in [1.82, 2.24) is 10.5 Å². The Hall–Kier alpha value is -2.86. The number of carbonyl (C=O) groups excluding carboxylic acids is 1. The number of nitriles is 1. The number of aliphatic hydroxyl groups is 1. The molecule has 0 fully saturated rings. The van der Waals surface area contributed by atoms with Crippen molar-refractivity contribution in [3.8, 4) is 17.4 Å². The predicted molar refractivity (Wildman–Crippen MR) is 80.1 cm³/mol. The van der Waals surface area contributed by atoms with Gasteiger partial charge < -0.3 is 14.9 Å². The van der Waals surface area contributed by atoms with Crippen molar-refractivity contribution in [2.75, 3.05) is 6.67 Å². The monoisotopic (exact) mass is 353 g/mol. The molecule has 0 aliphatic heterocycles. The second kappa shape index (κ2) is 8.30. The van der Waals surface area contributed by atoms with Gasteiger partial charge in [-0.3, -0.25) is 4.79 Å². The van der Waals surface area contributed by atoms with Crippen LogP contribution in [0.4, 0.5) is 13.2 Å². The molecule has 1 aromatic heterocycles. The number of benzene rings is 1. The summed E-state index contributed by atoms with van der Waals surface area (Å²) in [5, 5.41) is 24.1. The van der Waals surface area contributed by atoms with E-state index in [1.807, 2.05) is 6.07 Å². The molecule has 132 valence electrons. The molecule has 1 heterocycles. The van der Waals surface area contributed by atoms with Gasteiger partial charge in [-0.1, -0.05) is 29.4 Å². The van der Waals surface area contributed by atoms with Gasteiger partial charge in [0.25, 0.3) is 5.91 Å². The first kappa shape index (κ1) is 18.5. The Bertz CT molecular complexity index is 756. The number of aliphatic hydroxyl groups excluding tert-OH is 1. The largest absolute Gasteiger partial charge is 0.386 e. The summed E-state index contributed by atoms with van der Waals surface area (Å²) < 4.78 is 42.5. The molecule has 0 aliphatic carbocycles. The smallest absolute Gasteiger partial charge is 0.315 e. The van der Waals surface area contributed by atoms with Gasteiger partial charge in [-0.15, -0.1) is 0 Å². The molecule has 2 N–H and O–H groups in total. The summed E-state index contributed by atoms with van der Waals surface area (Å²) in [5.74, 6) is -1.25. The summed E-state index contributed by atoms with van der Waals surface area (Å²) in [6.45, 7) is -1.21. The normalized spacial score (nSPS) is 13.3. The number of amides is 1. The first-order valence-electron chi connectivity index (χ1n) is 7.21. The standard InChI is InChI=1S/C16H14F3N3O3/c17-8-12(21-16(24)15(18)19)14(23)10-3-1-9(2-4-10)13-7-11(5-6-20)22-25-13/h1-4,7,12,14-15,23H,5,8H2,(H,21,24)/t12-,14+/m1/s1. The van der Waals surface area contributed by atoms with E-state index in [4.69, 9.17) is 9.78 Å². The van der Waals surface area contributed by atoms with Crippen LogP contribution in [0.5, 0.6) is 0 Å². The van der Waals surface area contributed by atoms with Crippen LogP contribution in [-0.2, 0) is 11.2 Å². The zero-order chi connectivity index (χ0) is 18.4. The molecule has 2 atom stereocenters. The highest BCUT2D eigenvalue weighted by Crippen LogP contribution is 2.24. The maximum atomic E-state index is 13.0. The van der Waals surface area contributed by atoms with E-state index < -0.39 is 31.2 Å². The number of halogens is 3. The van der Waals surface area contributed by atoms with Crippen LogP contribution in [0.1, 0.15) is 17.4 Å². The first-order chi connectivity index (χ1) is 12.0. The van der Waals surface area contributed by atoms with E-state index in [1.165, 1.54) is 12.1 Å². The van der Waals surface area contributed by atoms with Crippen molar-refractivity contribution in [2.45, 2.75) is 25.0 Å². The Labute approximate surface area is 140 Å². The number of hydrogen-bond acceptors (Lipinski definition) is 5. The molecule has 0 bridgehead atoms. The van der Waals surface area contributed by atoms with Gasteiger partial charge in [-0.25, -0.2) is 4.39 Å². The van der Waals surface area contributed by atoms with Gasteiger partial charge in [0, 0.05) is 11.6 Å². The molecule has 9 heteroatoms. The van der Waals surface area contributed by atoms with Crippen LogP contribution in [-0.4, -0.2) is 35.3 Å². The molecule has 2 aromatic rings. The van der Waals surface area contributed by atoms with E-state index in [2.05, 4.69) is 5.16 Å². The van der Waals surface area contributed by atoms with Gasteiger partial charge in [-0.2, -0.15) is 14.0 Å². The summed E-state index contributed by atoms with van der Waals surface area (Å²) in [6, 6.07) is 8.04. The fourth-order valence-electron chi connectivity index (χ4n) is 2.14. The molecule has 0 saturated heterocycles.